The molecule has 28 heavy (non-hydrogen) atoms. The van der Waals surface area contributed by atoms with E-state index in [1.54, 1.807) is 5.38 Å². The van der Waals surface area contributed by atoms with E-state index in [-0.39, 0.29) is 5.91 Å². The van der Waals surface area contributed by atoms with Gasteiger partial charge in [0.1, 0.15) is 17.1 Å². The van der Waals surface area contributed by atoms with Gasteiger partial charge >= 0.3 is 6.09 Å². The summed E-state index contributed by atoms with van der Waals surface area (Å²) in [5, 5.41) is 8.23. The average Bonchev–Trinajstić information content (AvgIpc) is 3.18. The van der Waals surface area contributed by atoms with Crippen molar-refractivity contribution in [3.05, 3.63) is 29.0 Å². The van der Waals surface area contributed by atoms with Crippen molar-refractivity contribution in [3.8, 4) is 10.8 Å². The Bertz CT molecular complexity index is 863. The van der Waals surface area contributed by atoms with E-state index in [1.165, 1.54) is 11.3 Å². The summed E-state index contributed by atoms with van der Waals surface area (Å²) in [5.41, 5.74) is -0.776. The van der Waals surface area contributed by atoms with E-state index in [0.29, 0.717) is 28.9 Å². The van der Waals surface area contributed by atoms with Crippen LogP contribution in [0.25, 0.3) is 10.8 Å². The maximum absolute atomic E-state index is 12.8. The highest BCUT2D eigenvalue weighted by atomic mass is 32.1. The fourth-order valence-corrected chi connectivity index (χ4v) is 3.71. The molecular weight excluding hydrogens is 378 g/mol. The van der Waals surface area contributed by atoms with Crippen LogP contribution in [0.15, 0.2) is 21.9 Å². The first-order chi connectivity index (χ1) is 13.1. The molecule has 2 aromatic heterocycles. The van der Waals surface area contributed by atoms with E-state index in [4.69, 9.17) is 9.15 Å². The van der Waals surface area contributed by atoms with Crippen molar-refractivity contribution in [1.82, 2.24) is 15.6 Å². The first kappa shape index (κ1) is 20.4. The molecule has 1 saturated carbocycles. The smallest absolute Gasteiger partial charge is 0.407 e. The Hall–Kier alpha value is -2.35. The normalized spacial score (nSPS) is 16.3. The molecule has 0 aromatic carbocycles. The topological polar surface area (TPSA) is 93.5 Å². The average molecular weight is 406 g/mol. The van der Waals surface area contributed by atoms with Gasteiger partial charge in [-0.25, -0.2) is 9.78 Å². The quantitative estimate of drug-likeness (QED) is 0.753. The van der Waals surface area contributed by atoms with Crippen LogP contribution in [0.4, 0.5) is 4.79 Å². The van der Waals surface area contributed by atoms with Crippen LogP contribution >= 0.6 is 11.3 Å². The SMILES string of the molecule is Cc1ccc(-c2nc(C(=O)NC(C)(CNC(=O)OC(C)(C)C)C3CC3)cs2)o1. The van der Waals surface area contributed by atoms with E-state index >= 15 is 0 Å². The Morgan fingerprint density at radius 1 is 1.29 bits per heavy atom. The van der Waals surface area contributed by atoms with Gasteiger partial charge in [-0.2, -0.15) is 0 Å². The van der Waals surface area contributed by atoms with Crippen molar-refractivity contribution in [2.75, 3.05) is 6.54 Å². The number of carbonyl (C=O) groups excluding carboxylic acids is 2. The lowest BCUT2D eigenvalue weighted by Crippen LogP contribution is -2.55. The molecule has 2 aromatic rings. The zero-order chi connectivity index (χ0) is 20.5. The molecule has 1 aliphatic carbocycles. The fourth-order valence-electron chi connectivity index (χ4n) is 2.95. The van der Waals surface area contributed by atoms with Crippen LogP contribution < -0.4 is 10.6 Å². The van der Waals surface area contributed by atoms with Crippen molar-refractivity contribution in [1.29, 1.82) is 0 Å². The summed E-state index contributed by atoms with van der Waals surface area (Å²) in [6, 6.07) is 3.71. The Morgan fingerprint density at radius 3 is 2.57 bits per heavy atom. The number of alkyl carbamates (subject to hydrolysis) is 1. The third kappa shape index (κ3) is 5.13. The van der Waals surface area contributed by atoms with Gasteiger partial charge in [0.2, 0.25) is 0 Å². The Labute approximate surface area is 168 Å². The lowest BCUT2D eigenvalue weighted by Gasteiger charge is -2.31. The zero-order valence-electron chi connectivity index (χ0n) is 16.9. The monoisotopic (exact) mass is 405 g/mol. The maximum atomic E-state index is 12.8. The molecule has 2 amide bonds. The molecule has 0 spiro atoms. The predicted octanol–water partition coefficient (Wildman–Crippen LogP) is 4.13. The van der Waals surface area contributed by atoms with Crippen LogP contribution in [0.1, 0.15) is 56.8 Å². The van der Waals surface area contributed by atoms with Crippen LogP contribution in [-0.4, -0.2) is 34.7 Å². The van der Waals surface area contributed by atoms with E-state index < -0.39 is 17.2 Å². The second-order valence-electron chi connectivity index (χ2n) is 8.45. The molecule has 3 rings (SSSR count). The lowest BCUT2D eigenvalue weighted by atomic mass is 9.95. The number of nitrogens with zero attached hydrogens (tertiary/aromatic N) is 1. The predicted molar refractivity (Wildman–Crippen MR) is 107 cm³/mol. The zero-order valence-corrected chi connectivity index (χ0v) is 17.7. The van der Waals surface area contributed by atoms with Crippen molar-refractivity contribution < 1.29 is 18.7 Å². The van der Waals surface area contributed by atoms with Crippen LogP contribution in [-0.2, 0) is 4.74 Å². The number of aromatic nitrogens is 1. The molecule has 152 valence electrons. The largest absolute Gasteiger partial charge is 0.459 e. The van der Waals surface area contributed by atoms with Crippen molar-refractivity contribution in [2.45, 2.75) is 58.6 Å². The minimum Gasteiger partial charge on any atom is -0.459 e. The Morgan fingerprint density at radius 2 is 2.00 bits per heavy atom. The second-order valence-corrected chi connectivity index (χ2v) is 9.31. The van der Waals surface area contributed by atoms with Crippen LogP contribution in [0.5, 0.6) is 0 Å². The highest BCUT2D eigenvalue weighted by molar-refractivity contribution is 7.13. The number of aryl methyl sites for hydroxylation is 1. The number of hydrogen-bond acceptors (Lipinski definition) is 6. The van der Waals surface area contributed by atoms with Crippen molar-refractivity contribution >= 4 is 23.3 Å². The number of hydrogen-bond donors (Lipinski definition) is 2. The fraction of sp³-hybridized carbons (Fsp3) is 0.550. The van der Waals surface area contributed by atoms with Crippen molar-refractivity contribution in [2.24, 2.45) is 5.92 Å². The molecule has 7 nitrogen and oxygen atoms in total. The first-order valence-electron chi connectivity index (χ1n) is 9.37. The summed E-state index contributed by atoms with van der Waals surface area (Å²) in [6.45, 7) is 9.55. The summed E-state index contributed by atoms with van der Waals surface area (Å²) in [5.74, 6) is 1.51. The summed E-state index contributed by atoms with van der Waals surface area (Å²) in [7, 11) is 0. The first-order valence-corrected chi connectivity index (χ1v) is 10.3. The molecule has 8 heteroatoms. The summed E-state index contributed by atoms with van der Waals surface area (Å²) in [6.07, 6.45) is 1.54. The standard InChI is InChI=1S/C20H27N3O4S/c1-12-6-9-15(26-12)17-22-14(10-28-17)16(24)23-20(5,13-7-8-13)11-21-18(25)27-19(2,3)4/h6,9-10,13H,7-8,11H2,1-5H3,(H,21,25)(H,23,24). The Kier molecular flexibility index (Phi) is 5.52. The van der Waals surface area contributed by atoms with E-state index in [2.05, 4.69) is 15.6 Å². The number of amides is 2. The van der Waals surface area contributed by atoms with Crippen LogP contribution in [0.2, 0.25) is 0 Å². The van der Waals surface area contributed by atoms with Crippen LogP contribution in [0, 0.1) is 12.8 Å². The molecule has 2 heterocycles. The Balaban J connectivity index is 1.64. The summed E-state index contributed by atoms with van der Waals surface area (Å²) in [4.78, 5) is 29.2. The summed E-state index contributed by atoms with van der Waals surface area (Å²) >= 11 is 1.36. The molecule has 0 saturated heterocycles. The van der Waals surface area contributed by atoms with Gasteiger partial charge in [0.25, 0.3) is 5.91 Å². The third-order valence-corrected chi connectivity index (χ3v) is 5.42. The molecule has 1 atom stereocenters. The molecular formula is C20H27N3O4S. The van der Waals surface area contributed by atoms with Gasteiger partial charge in [-0.1, -0.05) is 0 Å². The number of rotatable bonds is 6. The number of ether oxygens (including phenoxy) is 1. The molecule has 0 radical (unpaired) electrons. The third-order valence-electron chi connectivity index (χ3n) is 4.56. The minimum absolute atomic E-state index is 0.258. The molecule has 1 unspecified atom stereocenters. The maximum Gasteiger partial charge on any atom is 0.407 e. The van der Waals surface area contributed by atoms with Gasteiger partial charge in [0.15, 0.2) is 10.8 Å². The van der Waals surface area contributed by atoms with Gasteiger partial charge in [0, 0.05) is 11.9 Å². The minimum atomic E-state index is -0.565. The van der Waals surface area contributed by atoms with E-state index in [1.807, 2.05) is 46.8 Å². The highest BCUT2D eigenvalue weighted by Crippen LogP contribution is 2.39. The van der Waals surface area contributed by atoms with Crippen molar-refractivity contribution in [3.63, 3.8) is 0 Å². The number of furan rings is 1. The molecule has 1 aliphatic rings. The number of nitrogens with one attached hydrogen (secondary N) is 2. The molecule has 0 bridgehead atoms. The van der Waals surface area contributed by atoms with Gasteiger partial charge in [-0.05, 0) is 65.5 Å². The summed E-state index contributed by atoms with van der Waals surface area (Å²) < 4.78 is 10.9. The van der Waals surface area contributed by atoms with Gasteiger partial charge in [-0.15, -0.1) is 11.3 Å². The van der Waals surface area contributed by atoms with Gasteiger partial charge in [0.05, 0.1) is 5.54 Å². The van der Waals surface area contributed by atoms with E-state index in [9.17, 15) is 9.59 Å². The van der Waals surface area contributed by atoms with E-state index in [0.717, 1.165) is 18.6 Å². The van der Waals surface area contributed by atoms with Crippen LogP contribution in [0.3, 0.4) is 0 Å². The second kappa shape index (κ2) is 7.58. The molecule has 0 aliphatic heterocycles. The van der Waals surface area contributed by atoms with Gasteiger partial charge in [-0.3, -0.25) is 4.79 Å². The molecule has 2 N–H and O–H groups in total. The highest BCUT2D eigenvalue weighted by Gasteiger charge is 2.43. The number of thiazole rings is 1. The number of carbonyl (C=O) groups is 2. The molecule has 1 fully saturated rings. The van der Waals surface area contributed by atoms with Gasteiger partial charge < -0.3 is 19.8 Å². The lowest BCUT2D eigenvalue weighted by molar-refractivity contribution is 0.0502.